The number of benzene rings is 1. The molecule has 1 unspecified atom stereocenters. The minimum atomic E-state index is -0.515. The van der Waals surface area contributed by atoms with Crippen molar-refractivity contribution in [3.63, 3.8) is 0 Å². The molecule has 0 spiro atoms. The highest BCUT2D eigenvalue weighted by Gasteiger charge is 2.28. The van der Waals surface area contributed by atoms with Crippen molar-refractivity contribution in [1.29, 1.82) is 0 Å². The molecule has 1 aromatic carbocycles. The summed E-state index contributed by atoms with van der Waals surface area (Å²) >= 11 is 0. The molecule has 104 valence electrons. The Hall–Kier alpha value is -1.94. The van der Waals surface area contributed by atoms with Gasteiger partial charge in [0.05, 0.1) is 0 Å². The highest BCUT2D eigenvalue weighted by atomic mass is 19.1. The molecule has 2 atom stereocenters. The normalized spacial score (nSPS) is 19.8. The maximum absolute atomic E-state index is 13.2. The van der Waals surface area contributed by atoms with Gasteiger partial charge in [0.1, 0.15) is 11.9 Å². The first-order valence-corrected chi connectivity index (χ1v) is 6.87. The van der Waals surface area contributed by atoms with E-state index in [-0.39, 0.29) is 6.10 Å². The molecule has 0 amide bonds. The van der Waals surface area contributed by atoms with Gasteiger partial charge in [0, 0.05) is 24.7 Å². The SMILES string of the molecule is Fc1cc(O[C@@H](c2ccccc2)C2CCNC2)ccn1. The van der Waals surface area contributed by atoms with Crippen LogP contribution in [0.3, 0.4) is 0 Å². The second-order valence-corrected chi connectivity index (χ2v) is 5.02. The van der Waals surface area contributed by atoms with Gasteiger partial charge >= 0.3 is 0 Å². The summed E-state index contributed by atoms with van der Waals surface area (Å²) in [6.45, 7) is 1.93. The molecule has 4 heteroatoms. The van der Waals surface area contributed by atoms with Gasteiger partial charge in [0.15, 0.2) is 0 Å². The van der Waals surface area contributed by atoms with Gasteiger partial charge in [-0.3, -0.25) is 0 Å². The van der Waals surface area contributed by atoms with Crippen LogP contribution in [0.25, 0.3) is 0 Å². The molecule has 0 radical (unpaired) electrons. The molecule has 3 nitrogen and oxygen atoms in total. The van der Waals surface area contributed by atoms with Crippen molar-refractivity contribution in [2.75, 3.05) is 13.1 Å². The van der Waals surface area contributed by atoms with E-state index in [4.69, 9.17) is 4.74 Å². The second kappa shape index (κ2) is 6.01. The summed E-state index contributed by atoms with van der Waals surface area (Å²) in [7, 11) is 0. The number of nitrogens with zero attached hydrogens (tertiary/aromatic N) is 1. The summed E-state index contributed by atoms with van der Waals surface area (Å²) in [5, 5.41) is 3.35. The molecule has 1 N–H and O–H groups in total. The lowest BCUT2D eigenvalue weighted by Gasteiger charge is -2.24. The van der Waals surface area contributed by atoms with Crippen LogP contribution < -0.4 is 10.1 Å². The van der Waals surface area contributed by atoms with Crippen molar-refractivity contribution in [3.05, 3.63) is 60.2 Å². The average Bonchev–Trinajstić information content (AvgIpc) is 3.00. The minimum Gasteiger partial charge on any atom is -0.485 e. The summed E-state index contributed by atoms with van der Waals surface area (Å²) < 4.78 is 19.2. The maximum atomic E-state index is 13.2. The van der Waals surface area contributed by atoms with E-state index in [0.29, 0.717) is 11.7 Å². The summed E-state index contributed by atoms with van der Waals surface area (Å²) in [6.07, 6.45) is 2.43. The van der Waals surface area contributed by atoms with Crippen LogP contribution in [0.2, 0.25) is 0 Å². The Balaban J connectivity index is 1.85. The quantitative estimate of drug-likeness (QED) is 0.869. The molecular weight excluding hydrogens is 255 g/mol. The molecule has 20 heavy (non-hydrogen) atoms. The van der Waals surface area contributed by atoms with Crippen molar-refractivity contribution >= 4 is 0 Å². The molecule has 0 bridgehead atoms. The van der Waals surface area contributed by atoms with Crippen molar-refractivity contribution in [2.24, 2.45) is 5.92 Å². The Bertz CT molecular complexity index is 555. The summed E-state index contributed by atoms with van der Waals surface area (Å²) in [5.74, 6) is 0.408. The number of hydrogen-bond acceptors (Lipinski definition) is 3. The van der Waals surface area contributed by atoms with Gasteiger partial charge < -0.3 is 10.1 Å². The first-order chi connectivity index (χ1) is 9.83. The molecular formula is C16H17FN2O. The summed E-state index contributed by atoms with van der Waals surface area (Å²) in [4.78, 5) is 3.56. The van der Waals surface area contributed by atoms with Crippen LogP contribution in [-0.2, 0) is 0 Å². The first-order valence-electron chi connectivity index (χ1n) is 6.87. The average molecular weight is 272 g/mol. The first kappa shape index (κ1) is 13.1. The Kier molecular flexibility index (Phi) is 3.92. The maximum Gasteiger partial charge on any atom is 0.216 e. The molecule has 1 aliphatic heterocycles. The monoisotopic (exact) mass is 272 g/mol. The van der Waals surface area contributed by atoms with Gasteiger partial charge in [0.2, 0.25) is 5.95 Å². The van der Waals surface area contributed by atoms with Gasteiger partial charge in [-0.05, 0) is 24.6 Å². The summed E-state index contributed by atoms with van der Waals surface area (Å²) in [6, 6.07) is 13.1. The smallest absolute Gasteiger partial charge is 0.216 e. The number of halogens is 1. The fourth-order valence-electron chi connectivity index (χ4n) is 2.62. The van der Waals surface area contributed by atoms with Crippen molar-refractivity contribution in [3.8, 4) is 5.75 Å². The predicted octanol–water partition coefficient (Wildman–Crippen LogP) is 2.95. The van der Waals surface area contributed by atoms with E-state index in [2.05, 4.69) is 22.4 Å². The van der Waals surface area contributed by atoms with Gasteiger partial charge in [-0.1, -0.05) is 30.3 Å². The topological polar surface area (TPSA) is 34.1 Å². The van der Waals surface area contributed by atoms with Crippen LogP contribution in [0.1, 0.15) is 18.1 Å². The molecule has 3 rings (SSSR count). The molecule has 2 aromatic rings. The van der Waals surface area contributed by atoms with E-state index < -0.39 is 5.95 Å². The standard InChI is InChI=1S/C16H17FN2O/c17-15-10-14(7-9-19-15)20-16(13-6-8-18-11-13)12-4-2-1-3-5-12/h1-5,7,9-10,13,16,18H,6,8,11H2/t13?,16-/m0/s1. The lowest BCUT2D eigenvalue weighted by Crippen LogP contribution is -2.21. The zero-order valence-corrected chi connectivity index (χ0v) is 11.1. The fraction of sp³-hybridized carbons (Fsp3) is 0.312. The van der Waals surface area contributed by atoms with Gasteiger partial charge in [-0.25, -0.2) is 4.98 Å². The highest BCUT2D eigenvalue weighted by molar-refractivity contribution is 5.24. The number of ether oxygens (including phenoxy) is 1. The van der Waals surface area contributed by atoms with E-state index in [1.54, 1.807) is 6.07 Å². The third-order valence-electron chi connectivity index (χ3n) is 3.62. The number of hydrogen-bond donors (Lipinski definition) is 1. The van der Waals surface area contributed by atoms with Crippen LogP contribution in [0.4, 0.5) is 4.39 Å². The lowest BCUT2D eigenvalue weighted by molar-refractivity contribution is 0.143. The van der Waals surface area contributed by atoms with E-state index in [9.17, 15) is 4.39 Å². The fourth-order valence-corrected chi connectivity index (χ4v) is 2.62. The molecule has 1 fully saturated rings. The van der Waals surface area contributed by atoms with Crippen molar-refractivity contribution in [1.82, 2.24) is 10.3 Å². The predicted molar refractivity (Wildman–Crippen MR) is 75.0 cm³/mol. The lowest BCUT2D eigenvalue weighted by atomic mass is 9.95. The van der Waals surface area contributed by atoms with E-state index >= 15 is 0 Å². The van der Waals surface area contributed by atoms with Crippen LogP contribution in [0, 0.1) is 11.9 Å². The summed E-state index contributed by atoms with van der Waals surface area (Å²) in [5.41, 5.74) is 1.12. The molecule has 1 aliphatic rings. The highest BCUT2D eigenvalue weighted by Crippen LogP contribution is 2.31. The van der Waals surface area contributed by atoms with Gasteiger partial charge in [-0.2, -0.15) is 4.39 Å². The number of rotatable bonds is 4. The van der Waals surface area contributed by atoms with Crippen molar-refractivity contribution < 1.29 is 9.13 Å². The van der Waals surface area contributed by atoms with Crippen LogP contribution in [-0.4, -0.2) is 18.1 Å². The number of nitrogens with one attached hydrogen (secondary N) is 1. The second-order valence-electron chi connectivity index (χ2n) is 5.02. The molecule has 2 heterocycles. The van der Waals surface area contributed by atoms with Gasteiger partial charge in [-0.15, -0.1) is 0 Å². The largest absolute Gasteiger partial charge is 0.485 e. The molecule has 1 aromatic heterocycles. The zero-order valence-electron chi connectivity index (χ0n) is 11.1. The number of aromatic nitrogens is 1. The van der Waals surface area contributed by atoms with E-state index in [1.165, 1.54) is 12.3 Å². The molecule has 1 saturated heterocycles. The van der Waals surface area contributed by atoms with E-state index in [1.807, 2.05) is 18.2 Å². The van der Waals surface area contributed by atoms with E-state index in [0.717, 1.165) is 25.1 Å². The van der Waals surface area contributed by atoms with Crippen LogP contribution >= 0.6 is 0 Å². The Morgan fingerprint density at radius 1 is 1.25 bits per heavy atom. The van der Waals surface area contributed by atoms with Crippen LogP contribution in [0.15, 0.2) is 48.7 Å². The third-order valence-corrected chi connectivity index (χ3v) is 3.62. The van der Waals surface area contributed by atoms with Crippen molar-refractivity contribution in [2.45, 2.75) is 12.5 Å². The third kappa shape index (κ3) is 2.96. The molecule has 0 saturated carbocycles. The minimum absolute atomic E-state index is 0.0620. The Morgan fingerprint density at radius 3 is 2.80 bits per heavy atom. The van der Waals surface area contributed by atoms with Crippen LogP contribution in [0.5, 0.6) is 5.75 Å². The number of pyridine rings is 1. The Morgan fingerprint density at radius 2 is 2.10 bits per heavy atom. The zero-order chi connectivity index (χ0) is 13.8. The van der Waals surface area contributed by atoms with Gasteiger partial charge in [0.25, 0.3) is 0 Å². The molecule has 0 aliphatic carbocycles. The Labute approximate surface area is 117 Å².